The van der Waals surface area contributed by atoms with Gasteiger partial charge in [0.25, 0.3) is 0 Å². The van der Waals surface area contributed by atoms with E-state index >= 15 is 0 Å². The summed E-state index contributed by atoms with van der Waals surface area (Å²) in [5, 5.41) is 36.0. The summed E-state index contributed by atoms with van der Waals surface area (Å²) in [5.74, 6) is -0.712. The van der Waals surface area contributed by atoms with Crippen molar-refractivity contribution in [1.82, 2.24) is 0 Å². The molecule has 0 radical (unpaired) electrons. The quantitative estimate of drug-likeness (QED) is 0.375. The predicted octanol–water partition coefficient (Wildman–Crippen LogP) is -1.71. The highest BCUT2D eigenvalue weighted by Crippen LogP contribution is 2.12. The van der Waals surface area contributed by atoms with Crippen molar-refractivity contribution in [1.29, 1.82) is 0 Å². The summed E-state index contributed by atoms with van der Waals surface area (Å²) >= 11 is 0. The van der Waals surface area contributed by atoms with E-state index in [-0.39, 0.29) is 0 Å². The van der Waals surface area contributed by atoms with E-state index in [2.05, 4.69) is 0 Å². The largest absolute Gasteiger partial charge is 0.394 e. The van der Waals surface area contributed by atoms with Gasteiger partial charge in [-0.1, -0.05) is 6.92 Å². The van der Waals surface area contributed by atoms with E-state index in [4.69, 9.17) is 10.2 Å². The lowest BCUT2D eigenvalue weighted by molar-refractivity contribution is -0.125. The normalized spacial score (nSPS) is 20.4. The number of hydrogen-bond donors (Lipinski definition) is 4. The van der Waals surface area contributed by atoms with Gasteiger partial charge in [0, 0.05) is 5.92 Å². The molecule has 0 aliphatic rings. The van der Waals surface area contributed by atoms with Crippen LogP contribution in [0, 0.1) is 5.92 Å². The number of carbonyl (C=O) groups is 1. The van der Waals surface area contributed by atoms with Crippen molar-refractivity contribution in [3.63, 3.8) is 0 Å². The highest BCUT2D eigenvalue weighted by Gasteiger charge is 2.29. The van der Waals surface area contributed by atoms with E-state index in [1.54, 1.807) is 6.92 Å². The molecular weight excluding hydrogens is 176 g/mol. The zero-order valence-corrected chi connectivity index (χ0v) is 7.50. The molecule has 0 aromatic rings. The van der Waals surface area contributed by atoms with Crippen LogP contribution in [-0.2, 0) is 4.79 Å². The molecule has 78 valence electrons. The second-order valence-electron chi connectivity index (χ2n) is 2.94. The van der Waals surface area contributed by atoms with Crippen LogP contribution in [0.15, 0.2) is 0 Å². The molecular formula is C8H16O5. The molecule has 4 N–H and O–H groups in total. The molecule has 0 aromatic heterocycles. The monoisotopic (exact) mass is 192 g/mol. The Bertz CT molecular complexity index is 149. The molecule has 0 aliphatic heterocycles. The first kappa shape index (κ1) is 12.5. The van der Waals surface area contributed by atoms with Crippen molar-refractivity contribution in [2.75, 3.05) is 6.61 Å². The van der Waals surface area contributed by atoms with Crippen molar-refractivity contribution >= 4 is 6.29 Å². The summed E-state index contributed by atoms with van der Waals surface area (Å²) in [6.45, 7) is 1.04. The number of hydrogen-bond acceptors (Lipinski definition) is 5. The fourth-order valence-corrected chi connectivity index (χ4v) is 1.01. The molecule has 0 unspecified atom stereocenters. The molecule has 5 heteroatoms. The van der Waals surface area contributed by atoms with Crippen LogP contribution in [0.5, 0.6) is 0 Å². The molecule has 0 aromatic carbocycles. The van der Waals surface area contributed by atoms with Crippen molar-refractivity contribution < 1.29 is 25.2 Å². The Hall–Kier alpha value is -0.490. The van der Waals surface area contributed by atoms with Crippen molar-refractivity contribution in [2.24, 2.45) is 5.92 Å². The molecule has 0 saturated carbocycles. The number of aliphatic hydroxyl groups is 4. The maximum Gasteiger partial charge on any atom is 0.125 e. The Morgan fingerprint density at radius 1 is 1.23 bits per heavy atom. The lowest BCUT2D eigenvalue weighted by Crippen LogP contribution is -2.43. The van der Waals surface area contributed by atoms with Gasteiger partial charge in [0.05, 0.1) is 12.7 Å². The van der Waals surface area contributed by atoms with E-state index in [0.29, 0.717) is 12.7 Å². The Kier molecular flexibility index (Phi) is 5.81. The van der Waals surface area contributed by atoms with Gasteiger partial charge in [-0.3, -0.25) is 0 Å². The number of aldehydes is 1. The average Bonchev–Trinajstić information content (AvgIpc) is 2.17. The molecule has 0 rings (SSSR count). The fraction of sp³-hybridized carbons (Fsp3) is 0.875. The highest BCUT2D eigenvalue weighted by molar-refractivity contribution is 5.54. The molecule has 0 fully saturated rings. The molecule has 13 heavy (non-hydrogen) atoms. The highest BCUT2D eigenvalue weighted by atomic mass is 16.4. The Labute approximate surface area is 76.6 Å². The van der Waals surface area contributed by atoms with Crippen LogP contribution >= 0.6 is 0 Å². The van der Waals surface area contributed by atoms with Crippen LogP contribution < -0.4 is 0 Å². The zero-order valence-electron chi connectivity index (χ0n) is 7.50. The first-order valence-corrected chi connectivity index (χ1v) is 4.18. The smallest absolute Gasteiger partial charge is 0.125 e. The molecule has 0 heterocycles. The van der Waals surface area contributed by atoms with Gasteiger partial charge in [0.1, 0.15) is 18.5 Å². The zero-order chi connectivity index (χ0) is 10.4. The second-order valence-corrected chi connectivity index (χ2v) is 2.94. The molecule has 0 amide bonds. The van der Waals surface area contributed by atoms with Crippen molar-refractivity contribution in [3.05, 3.63) is 0 Å². The maximum absolute atomic E-state index is 10.4. The third kappa shape index (κ3) is 3.40. The van der Waals surface area contributed by atoms with Crippen LogP contribution in [0.2, 0.25) is 0 Å². The molecule has 5 nitrogen and oxygen atoms in total. The molecule has 0 spiro atoms. The predicted molar refractivity (Wildman–Crippen MR) is 45.0 cm³/mol. The number of carbonyl (C=O) groups excluding carboxylic acids is 1. The average molecular weight is 192 g/mol. The summed E-state index contributed by atoms with van der Waals surface area (Å²) in [6, 6.07) is 0. The van der Waals surface area contributed by atoms with E-state index in [9.17, 15) is 15.0 Å². The summed E-state index contributed by atoms with van der Waals surface area (Å²) in [5.41, 5.74) is 0. The Morgan fingerprint density at radius 3 is 2.08 bits per heavy atom. The van der Waals surface area contributed by atoms with Gasteiger partial charge in [-0.2, -0.15) is 0 Å². The van der Waals surface area contributed by atoms with E-state index in [0.717, 1.165) is 0 Å². The van der Waals surface area contributed by atoms with Gasteiger partial charge >= 0.3 is 0 Å². The first-order chi connectivity index (χ1) is 6.08. The van der Waals surface area contributed by atoms with Gasteiger partial charge in [-0.05, 0) is 6.42 Å². The van der Waals surface area contributed by atoms with Crippen LogP contribution in [0.3, 0.4) is 0 Å². The van der Waals surface area contributed by atoms with Gasteiger partial charge in [-0.25, -0.2) is 0 Å². The van der Waals surface area contributed by atoms with Gasteiger partial charge < -0.3 is 25.2 Å². The molecule has 0 aliphatic carbocycles. The molecule has 0 saturated heterocycles. The van der Waals surface area contributed by atoms with Crippen LogP contribution in [0.25, 0.3) is 0 Å². The van der Waals surface area contributed by atoms with E-state index < -0.39 is 30.8 Å². The topological polar surface area (TPSA) is 98.0 Å². The fourth-order valence-electron chi connectivity index (χ4n) is 1.01. The lowest BCUT2D eigenvalue weighted by atomic mass is 9.94. The van der Waals surface area contributed by atoms with E-state index in [1.165, 1.54) is 0 Å². The minimum absolute atomic E-state index is 0.375. The van der Waals surface area contributed by atoms with Crippen LogP contribution in [0.4, 0.5) is 0 Å². The van der Waals surface area contributed by atoms with Gasteiger partial charge in [0.15, 0.2) is 0 Å². The summed E-state index contributed by atoms with van der Waals surface area (Å²) in [4.78, 5) is 10.4. The number of aliphatic hydroxyl groups excluding tert-OH is 4. The SMILES string of the molecule is CC[C@@H](C=O)[C@@H](O)[C@H](O)[C@H](O)CO. The van der Waals surface area contributed by atoms with Crippen molar-refractivity contribution in [3.8, 4) is 0 Å². The standard InChI is InChI=1S/C8H16O5/c1-2-5(3-9)7(12)8(13)6(11)4-10/h3,5-8,10-13H,2,4H2,1H3/t5-,6+,7+,8+/m0/s1. The summed E-state index contributed by atoms with van der Waals surface area (Å²) in [6.07, 6.45) is -3.33. The van der Waals surface area contributed by atoms with Crippen LogP contribution in [0.1, 0.15) is 13.3 Å². The second kappa shape index (κ2) is 6.04. The summed E-state index contributed by atoms with van der Waals surface area (Å²) in [7, 11) is 0. The Balaban J connectivity index is 4.21. The van der Waals surface area contributed by atoms with Crippen LogP contribution in [-0.4, -0.2) is 51.6 Å². The van der Waals surface area contributed by atoms with Gasteiger partial charge in [0.2, 0.25) is 0 Å². The van der Waals surface area contributed by atoms with Crippen molar-refractivity contribution in [2.45, 2.75) is 31.7 Å². The van der Waals surface area contributed by atoms with Gasteiger partial charge in [-0.15, -0.1) is 0 Å². The third-order valence-electron chi connectivity index (χ3n) is 2.02. The first-order valence-electron chi connectivity index (χ1n) is 4.18. The summed E-state index contributed by atoms with van der Waals surface area (Å²) < 4.78 is 0. The lowest BCUT2D eigenvalue weighted by Gasteiger charge is -2.24. The maximum atomic E-state index is 10.4. The van der Waals surface area contributed by atoms with E-state index in [1.807, 2.05) is 0 Å². The minimum Gasteiger partial charge on any atom is -0.394 e. The molecule has 4 atom stereocenters. The molecule has 0 bridgehead atoms. The Morgan fingerprint density at radius 2 is 1.77 bits per heavy atom. The third-order valence-corrected chi connectivity index (χ3v) is 2.02. The minimum atomic E-state index is -1.49. The number of rotatable bonds is 6.